The van der Waals surface area contributed by atoms with Crippen LogP contribution in [0.4, 0.5) is 0 Å². The number of hydrogen-bond acceptors (Lipinski definition) is 2. The van der Waals surface area contributed by atoms with Gasteiger partial charge in [-0.05, 0) is 37.1 Å². The number of ether oxygens (including phenoxy) is 1. The van der Waals surface area contributed by atoms with Crippen molar-refractivity contribution in [2.75, 3.05) is 13.2 Å². The molecule has 0 aromatic carbocycles. The molecule has 0 fully saturated rings. The van der Waals surface area contributed by atoms with E-state index in [1.54, 1.807) is 0 Å². The highest BCUT2D eigenvalue weighted by Crippen LogP contribution is 2.11. The molecule has 1 aromatic heterocycles. The Hall–Kier alpha value is -0.340. The zero-order chi connectivity index (χ0) is 10.1. The van der Waals surface area contributed by atoms with E-state index in [1.807, 2.05) is 11.3 Å². The summed E-state index contributed by atoms with van der Waals surface area (Å²) in [5.74, 6) is 0. The van der Waals surface area contributed by atoms with E-state index in [2.05, 4.69) is 24.4 Å². The highest BCUT2D eigenvalue weighted by Gasteiger charge is 1.94. The summed E-state index contributed by atoms with van der Waals surface area (Å²) in [6.45, 7) is 4.07. The Morgan fingerprint density at radius 2 is 2.07 bits per heavy atom. The Balaban J connectivity index is 1.85. The average molecular weight is 212 g/mol. The maximum Gasteiger partial charge on any atom is 0.0466 e. The summed E-state index contributed by atoms with van der Waals surface area (Å²) >= 11 is 1.85. The fourth-order valence-corrected chi connectivity index (χ4v) is 2.06. The van der Waals surface area contributed by atoms with Crippen LogP contribution in [-0.4, -0.2) is 13.2 Å². The van der Waals surface area contributed by atoms with Crippen LogP contribution in [0.15, 0.2) is 17.5 Å². The minimum Gasteiger partial charge on any atom is -0.381 e. The highest BCUT2D eigenvalue weighted by molar-refractivity contribution is 7.09. The van der Waals surface area contributed by atoms with Crippen molar-refractivity contribution in [3.63, 3.8) is 0 Å². The van der Waals surface area contributed by atoms with Crippen molar-refractivity contribution in [2.45, 2.75) is 39.0 Å². The third-order valence-corrected chi connectivity index (χ3v) is 3.12. The fraction of sp³-hybridized carbons (Fsp3) is 0.667. The monoisotopic (exact) mass is 212 g/mol. The quantitative estimate of drug-likeness (QED) is 0.594. The molecule has 80 valence electrons. The molecule has 0 saturated carbocycles. The van der Waals surface area contributed by atoms with E-state index in [1.165, 1.54) is 37.0 Å². The van der Waals surface area contributed by atoms with Crippen LogP contribution in [0, 0.1) is 0 Å². The van der Waals surface area contributed by atoms with Crippen molar-refractivity contribution in [2.24, 2.45) is 0 Å². The summed E-state index contributed by atoms with van der Waals surface area (Å²) in [7, 11) is 0. The molecule has 2 heteroatoms. The van der Waals surface area contributed by atoms with Gasteiger partial charge in [-0.1, -0.05) is 19.4 Å². The molecular formula is C12H20OS. The SMILES string of the molecule is CCCCOCCCCc1cccs1. The largest absolute Gasteiger partial charge is 0.381 e. The molecule has 0 atom stereocenters. The summed E-state index contributed by atoms with van der Waals surface area (Å²) in [6, 6.07) is 4.33. The maximum absolute atomic E-state index is 5.50. The van der Waals surface area contributed by atoms with Crippen molar-refractivity contribution in [3.8, 4) is 0 Å². The first-order valence-electron chi connectivity index (χ1n) is 5.53. The smallest absolute Gasteiger partial charge is 0.0466 e. The molecule has 0 unspecified atom stereocenters. The van der Waals surface area contributed by atoms with E-state index in [4.69, 9.17) is 4.74 Å². The zero-order valence-corrected chi connectivity index (χ0v) is 9.81. The Morgan fingerprint density at radius 3 is 2.79 bits per heavy atom. The van der Waals surface area contributed by atoms with Crippen LogP contribution in [0.3, 0.4) is 0 Å². The van der Waals surface area contributed by atoms with Crippen LogP contribution in [-0.2, 0) is 11.2 Å². The van der Waals surface area contributed by atoms with Gasteiger partial charge in [0, 0.05) is 18.1 Å². The standard InChI is InChI=1S/C12H20OS/c1-2-3-9-13-10-5-4-7-12-8-6-11-14-12/h6,8,11H,2-5,7,9-10H2,1H3. The van der Waals surface area contributed by atoms with Crippen LogP contribution in [0.25, 0.3) is 0 Å². The summed E-state index contributed by atoms with van der Waals surface area (Å²) in [5.41, 5.74) is 0. The van der Waals surface area contributed by atoms with Crippen LogP contribution >= 0.6 is 11.3 Å². The molecule has 0 bridgehead atoms. The number of hydrogen-bond donors (Lipinski definition) is 0. The molecule has 0 aliphatic rings. The van der Waals surface area contributed by atoms with Crippen LogP contribution in [0.5, 0.6) is 0 Å². The predicted octanol–water partition coefficient (Wildman–Crippen LogP) is 3.89. The lowest BCUT2D eigenvalue weighted by Gasteiger charge is -2.02. The second-order valence-electron chi connectivity index (χ2n) is 3.50. The minimum atomic E-state index is 0.936. The molecular weight excluding hydrogens is 192 g/mol. The third-order valence-electron chi connectivity index (χ3n) is 2.18. The van der Waals surface area contributed by atoms with Gasteiger partial charge < -0.3 is 4.74 Å². The van der Waals surface area contributed by atoms with E-state index < -0.39 is 0 Å². The summed E-state index contributed by atoms with van der Waals surface area (Å²) in [4.78, 5) is 1.50. The molecule has 0 aliphatic carbocycles. The summed E-state index contributed by atoms with van der Waals surface area (Å²) < 4.78 is 5.50. The number of aryl methyl sites for hydroxylation is 1. The van der Waals surface area contributed by atoms with Gasteiger partial charge in [0.05, 0.1) is 0 Å². The molecule has 1 aromatic rings. The van der Waals surface area contributed by atoms with Gasteiger partial charge in [0.15, 0.2) is 0 Å². The second kappa shape index (κ2) is 8.01. The molecule has 0 N–H and O–H groups in total. The van der Waals surface area contributed by atoms with Gasteiger partial charge in [0.25, 0.3) is 0 Å². The van der Waals surface area contributed by atoms with E-state index in [0.717, 1.165) is 13.2 Å². The Morgan fingerprint density at radius 1 is 1.21 bits per heavy atom. The Kier molecular flexibility index (Phi) is 6.71. The van der Waals surface area contributed by atoms with Gasteiger partial charge >= 0.3 is 0 Å². The van der Waals surface area contributed by atoms with E-state index in [0.29, 0.717) is 0 Å². The second-order valence-corrected chi connectivity index (χ2v) is 4.53. The van der Waals surface area contributed by atoms with Gasteiger partial charge in [-0.3, -0.25) is 0 Å². The molecule has 0 aliphatic heterocycles. The lowest BCUT2D eigenvalue weighted by molar-refractivity contribution is 0.127. The lowest BCUT2D eigenvalue weighted by atomic mass is 10.2. The normalized spacial score (nSPS) is 10.6. The van der Waals surface area contributed by atoms with Gasteiger partial charge in [-0.2, -0.15) is 0 Å². The van der Waals surface area contributed by atoms with Crippen LogP contribution < -0.4 is 0 Å². The van der Waals surface area contributed by atoms with Crippen molar-refractivity contribution in [3.05, 3.63) is 22.4 Å². The zero-order valence-electron chi connectivity index (χ0n) is 9.00. The third kappa shape index (κ3) is 5.40. The van der Waals surface area contributed by atoms with Crippen LogP contribution in [0.2, 0.25) is 0 Å². The number of unbranched alkanes of at least 4 members (excludes halogenated alkanes) is 2. The highest BCUT2D eigenvalue weighted by atomic mass is 32.1. The average Bonchev–Trinajstić information content (AvgIpc) is 2.69. The maximum atomic E-state index is 5.50. The summed E-state index contributed by atoms with van der Waals surface area (Å²) in [5, 5.41) is 2.15. The van der Waals surface area contributed by atoms with E-state index >= 15 is 0 Å². The molecule has 0 saturated heterocycles. The first-order chi connectivity index (χ1) is 6.93. The Labute approximate surface area is 91.1 Å². The molecule has 1 nitrogen and oxygen atoms in total. The lowest BCUT2D eigenvalue weighted by Crippen LogP contribution is -1.96. The van der Waals surface area contributed by atoms with Gasteiger partial charge in [-0.15, -0.1) is 11.3 Å². The van der Waals surface area contributed by atoms with E-state index in [-0.39, 0.29) is 0 Å². The molecule has 0 radical (unpaired) electrons. The molecule has 0 spiro atoms. The Bertz CT molecular complexity index is 206. The molecule has 14 heavy (non-hydrogen) atoms. The van der Waals surface area contributed by atoms with Crippen molar-refractivity contribution >= 4 is 11.3 Å². The van der Waals surface area contributed by atoms with Crippen molar-refractivity contribution in [1.29, 1.82) is 0 Å². The first-order valence-corrected chi connectivity index (χ1v) is 6.41. The summed E-state index contributed by atoms with van der Waals surface area (Å²) in [6.07, 6.45) is 6.10. The molecule has 1 heterocycles. The fourth-order valence-electron chi connectivity index (χ4n) is 1.31. The minimum absolute atomic E-state index is 0.936. The van der Waals surface area contributed by atoms with E-state index in [9.17, 15) is 0 Å². The van der Waals surface area contributed by atoms with Crippen LogP contribution in [0.1, 0.15) is 37.5 Å². The first kappa shape index (κ1) is 11.7. The predicted molar refractivity (Wildman–Crippen MR) is 63.0 cm³/mol. The number of rotatable bonds is 8. The number of thiophene rings is 1. The molecule has 0 amide bonds. The van der Waals surface area contributed by atoms with Crippen molar-refractivity contribution < 1.29 is 4.74 Å². The van der Waals surface area contributed by atoms with Gasteiger partial charge in [0.2, 0.25) is 0 Å². The van der Waals surface area contributed by atoms with Gasteiger partial charge in [0.1, 0.15) is 0 Å². The van der Waals surface area contributed by atoms with Crippen molar-refractivity contribution in [1.82, 2.24) is 0 Å². The van der Waals surface area contributed by atoms with Gasteiger partial charge in [-0.25, -0.2) is 0 Å². The topological polar surface area (TPSA) is 9.23 Å². The molecule has 1 rings (SSSR count).